The van der Waals surface area contributed by atoms with Gasteiger partial charge in [0, 0.05) is 24.5 Å². The molecule has 0 fully saturated rings. The van der Waals surface area contributed by atoms with E-state index in [0.717, 1.165) is 0 Å². The number of fused-ring (bicyclic) bond motifs is 1. The molecule has 1 heterocycles. The molecular weight excluding hydrogens is 318 g/mol. The molecule has 23 heavy (non-hydrogen) atoms. The second-order valence-electron chi connectivity index (χ2n) is 4.70. The number of anilines is 1. The van der Waals surface area contributed by atoms with Crippen molar-refractivity contribution < 1.29 is 9.72 Å². The van der Waals surface area contributed by atoms with E-state index in [1.165, 1.54) is 23.1 Å². The molecule has 7 heteroatoms. The predicted octanol–water partition coefficient (Wildman–Crippen LogP) is 4.12. The van der Waals surface area contributed by atoms with Gasteiger partial charge in [-0.3, -0.25) is 24.8 Å². The molecule has 0 unspecified atom stereocenters. The number of nitro groups is 1. The number of aliphatic imine (C=N–C) groups is 1. The van der Waals surface area contributed by atoms with Gasteiger partial charge in [0.1, 0.15) is 0 Å². The molecule has 0 saturated heterocycles. The number of carbonyl (C=O) groups is 1. The van der Waals surface area contributed by atoms with Crippen LogP contribution in [-0.4, -0.2) is 17.0 Å². The fraction of sp³-hybridized carbons (Fsp3) is 0. The Labute approximate surface area is 136 Å². The second kappa shape index (κ2) is 6.02. The lowest BCUT2D eigenvalue weighted by Crippen LogP contribution is -2.25. The highest BCUT2D eigenvalue weighted by Gasteiger charge is 2.22. The smallest absolute Gasteiger partial charge is 0.270 e. The van der Waals surface area contributed by atoms with Gasteiger partial charge >= 0.3 is 0 Å². The highest BCUT2D eigenvalue weighted by atomic mass is 35.5. The summed E-state index contributed by atoms with van der Waals surface area (Å²) in [6.07, 6.45) is 4.80. The minimum absolute atomic E-state index is 0.0280. The lowest BCUT2D eigenvalue weighted by atomic mass is 10.1. The first-order valence-corrected chi connectivity index (χ1v) is 7.03. The molecular formula is C16H10ClN3O3. The molecule has 1 amide bonds. The van der Waals surface area contributed by atoms with Crippen LogP contribution in [0.15, 0.2) is 59.7 Å². The number of hydrogen-bond acceptors (Lipinski definition) is 4. The van der Waals surface area contributed by atoms with E-state index in [0.29, 0.717) is 11.4 Å². The summed E-state index contributed by atoms with van der Waals surface area (Å²) < 4.78 is 0. The third-order valence-corrected chi connectivity index (χ3v) is 3.60. The van der Waals surface area contributed by atoms with Gasteiger partial charge in [0.05, 0.1) is 26.9 Å². The van der Waals surface area contributed by atoms with Gasteiger partial charge in [0.15, 0.2) is 0 Å². The third-order valence-electron chi connectivity index (χ3n) is 3.29. The van der Waals surface area contributed by atoms with Crippen molar-refractivity contribution in [2.24, 2.45) is 4.99 Å². The van der Waals surface area contributed by atoms with Crippen LogP contribution in [0.1, 0.15) is 10.4 Å². The number of carbonyl (C=O) groups excluding carboxylic acids is 1. The number of allylic oxidation sites excluding steroid dienone is 1. The van der Waals surface area contributed by atoms with Crippen LogP contribution >= 0.6 is 11.6 Å². The van der Waals surface area contributed by atoms with E-state index in [4.69, 9.17) is 11.6 Å². The maximum Gasteiger partial charge on any atom is 0.270 e. The lowest BCUT2D eigenvalue weighted by Gasteiger charge is -2.19. The molecule has 1 aliphatic heterocycles. The van der Waals surface area contributed by atoms with Gasteiger partial charge in [-0.2, -0.15) is 0 Å². The summed E-state index contributed by atoms with van der Waals surface area (Å²) in [6, 6.07) is 10.9. The first-order valence-electron chi connectivity index (χ1n) is 6.65. The molecule has 0 radical (unpaired) electrons. The predicted molar refractivity (Wildman–Crippen MR) is 88.6 cm³/mol. The van der Waals surface area contributed by atoms with Crippen molar-refractivity contribution >= 4 is 40.8 Å². The Balaban J connectivity index is 2.03. The summed E-state index contributed by atoms with van der Waals surface area (Å²) in [5.41, 5.74) is 1.26. The van der Waals surface area contributed by atoms with E-state index in [9.17, 15) is 14.9 Å². The third kappa shape index (κ3) is 2.84. The van der Waals surface area contributed by atoms with Crippen LogP contribution in [0.3, 0.4) is 0 Å². The Morgan fingerprint density at radius 1 is 1.22 bits per heavy atom. The summed E-state index contributed by atoms with van der Waals surface area (Å²) in [5, 5.41) is 10.8. The minimum Gasteiger partial charge on any atom is -0.282 e. The largest absolute Gasteiger partial charge is 0.282 e. The van der Waals surface area contributed by atoms with Crippen LogP contribution in [0.2, 0.25) is 5.02 Å². The number of hydrogen-bond donors (Lipinski definition) is 0. The van der Waals surface area contributed by atoms with Crippen LogP contribution in [-0.2, 0) is 0 Å². The number of benzene rings is 2. The Bertz CT molecular complexity index is 861. The van der Waals surface area contributed by atoms with Crippen molar-refractivity contribution in [2.75, 3.05) is 4.90 Å². The normalized spacial score (nSPS) is 12.7. The van der Waals surface area contributed by atoms with Crippen molar-refractivity contribution in [3.63, 3.8) is 0 Å². The molecule has 2 aromatic rings. The maximum atomic E-state index is 12.8. The average molecular weight is 328 g/mol. The number of halogens is 1. The number of nitro benzene ring substituents is 1. The topological polar surface area (TPSA) is 75.8 Å². The van der Waals surface area contributed by atoms with E-state index >= 15 is 0 Å². The minimum atomic E-state index is -0.560. The fourth-order valence-corrected chi connectivity index (χ4v) is 2.46. The molecule has 2 aromatic carbocycles. The summed E-state index contributed by atoms with van der Waals surface area (Å²) in [4.78, 5) is 28.6. The number of rotatable bonds is 2. The molecule has 1 aliphatic rings. The van der Waals surface area contributed by atoms with Gasteiger partial charge in [-0.25, -0.2) is 0 Å². The van der Waals surface area contributed by atoms with Crippen LogP contribution in [0.5, 0.6) is 0 Å². The fourth-order valence-electron chi connectivity index (χ4n) is 2.20. The average Bonchev–Trinajstić information content (AvgIpc) is 2.76. The van der Waals surface area contributed by atoms with Crippen LogP contribution in [0.25, 0.3) is 0 Å². The van der Waals surface area contributed by atoms with Crippen molar-refractivity contribution in [1.82, 2.24) is 0 Å². The van der Waals surface area contributed by atoms with Gasteiger partial charge in [-0.05, 0) is 24.3 Å². The molecule has 0 aliphatic carbocycles. The van der Waals surface area contributed by atoms with Crippen molar-refractivity contribution in [1.29, 1.82) is 0 Å². The monoisotopic (exact) mass is 327 g/mol. The zero-order valence-corrected chi connectivity index (χ0v) is 12.5. The van der Waals surface area contributed by atoms with Gasteiger partial charge in [0.2, 0.25) is 0 Å². The number of non-ortho nitro benzene ring substituents is 1. The van der Waals surface area contributed by atoms with E-state index in [2.05, 4.69) is 4.99 Å². The highest BCUT2D eigenvalue weighted by molar-refractivity contribution is 6.35. The molecule has 0 aromatic heterocycles. The molecule has 0 N–H and O–H groups in total. The Morgan fingerprint density at radius 2 is 2.00 bits per heavy atom. The van der Waals surface area contributed by atoms with Crippen molar-refractivity contribution in [2.45, 2.75) is 0 Å². The Hall–Kier alpha value is -2.99. The van der Waals surface area contributed by atoms with Gasteiger partial charge in [-0.15, -0.1) is 0 Å². The van der Waals surface area contributed by atoms with E-state index in [1.54, 1.807) is 36.7 Å². The van der Waals surface area contributed by atoms with E-state index in [-0.39, 0.29) is 22.2 Å². The van der Waals surface area contributed by atoms with Crippen LogP contribution in [0, 0.1) is 10.1 Å². The van der Waals surface area contributed by atoms with Crippen molar-refractivity contribution in [3.8, 4) is 0 Å². The second-order valence-corrected chi connectivity index (χ2v) is 5.11. The zero-order valence-electron chi connectivity index (χ0n) is 11.7. The molecule has 0 spiro atoms. The van der Waals surface area contributed by atoms with Crippen LogP contribution < -0.4 is 4.90 Å². The summed E-state index contributed by atoms with van der Waals surface area (Å²) in [7, 11) is 0. The van der Waals surface area contributed by atoms with Gasteiger partial charge in [0.25, 0.3) is 11.6 Å². The molecule has 6 nitrogen and oxygen atoms in total. The van der Waals surface area contributed by atoms with Gasteiger partial charge in [-0.1, -0.05) is 23.7 Å². The Kier molecular flexibility index (Phi) is 3.91. The molecule has 3 rings (SSSR count). The number of nitrogens with zero attached hydrogens (tertiary/aromatic N) is 3. The molecule has 0 atom stereocenters. The van der Waals surface area contributed by atoms with Gasteiger partial charge < -0.3 is 0 Å². The quantitative estimate of drug-likeness (QED) is 0.615. The van der Waals surface area contributed by atoms with E-state index in [1.807, 2.05) is 6.07 Å². The highest BCUT2D eigenvalue weighted by Crippen LogP contribution is 2.32. The van der Waals surface area contributed by atoms with E-state index < -0.39 is 4.92 Å². The number of para-hydroxylation sites is 2. The standard InChI is InChI=1S/C16H10ClN3O3/c17-13-10-11(20(22)23)6-7-12(13)16(21)19-9-3-8-18-14-4-1-2-5-15(14)19/h1-10H. The molecule has 0 saturated carbocycles. The summed E-state index contributed by atoms with van der Waals surface area (Å²) in [6.45, 7) is 0. The first kappa shape index (κ1) is 14.9. The lowest BCUT2D eigenvalue weighted by molar-refractivity contribution is -0.384. The maximum absolute atomic E-state index is 12.8. The summed E-state index contributed by atoms with van der Waals surface area (Å²) in [5.74, 6) is -0.390. The van der Waals surface area contributed by atoms with Crippen molar-refractivity contribution in [3.05, 3.63) is 75.4 Å². The first-order chi connectivity index (χ1) is 11.1. The van der Waals surface area contributed by atoms with Crippen LogP contribution in [0.4, 0.5) is 17.1 Å². The number of amides is 1. The SMILES string of the molecule is O=C(c1ccc([N+](=O)[O-])cc1Cl)N1C=CC=Nc2ccccc21. The molecule has 0 bridgehead atoms. The molecule has 114 valence electrons. The zero-order chi connectivity index (χ0) is 16.4. The summed E-state index contributed by atoms with van der Waals surface area (Å²) >= 11 is 6.05. The Morgan fingerprint density at radius 3 is 2.74 bits per heavy atom.